The zero-order valence-corrected chi connectivity index (χ0v) is 11.8. The Balaban J connectivity index is 1.79. The van der Waals surface area contributed by atoms with Gasteiger partial charge in [-0.1, -0.05) is 19.3 Å². The standard InChI is InChI=1S/C15H24N2O2/c1-15(8-9-15)17-10-7-12(18)16-13(14(17)19)11-5-3-2-4-6-11/h11,13H,2-10H2,1H3,(H,16,18). The lowest BCUT2D eigenvalue weighted by Gasteiger charge is -2.34. The largest absolute Gasteiger partial charge is 0.344 e. The Labute approximate surface area is 114 Å². The van der Waals surface area contributed by atoms with E-state index in [4.69, 9.17) is 0 Å². The summed E-state index contributed by atoms with van der Waals surface area (Å²) in [5.41, 5.74) is 0.0380. The quantitative estimate of drug-likeness (QED) is 0.827. The number of carbonyl (C=O) groups excluding carboxylic acids is 2. The van der Waals surface area contributed by atoms with E-state index in [0.717, 1.165) is 25.7 Å². The second kappa shape index (κ2) is 4.80. The second-order valence-electron chi connectivity index (χ2n) is 6.68. The first-order valence-corrected chi connectivity index (χ1v) is 7.71. The molecular formula is C15H24N2O2. The molecule has 3 fully saturated rings. The van der Waals surface area contributed by atoms with Crippen LogP contribution in [0.5, 0.6) is 0 Å². The monoisotopic (exact) mass is 264 g/mol. The van der Waals surface area contributed by atoms with Crippen LogP contribution in [0, 0.1) is 5.92 Å². The summed E-state index contributed by atoms with van der Waals surface area (Å²) >= 11 is 0. The van der Waals surface area contributed by atoms with Crippen molar-refractivity contribution >= 4 is 11.8 Å². The first kappa shape index (κ1) is 12.9. The molecule has 19 heavy (non-hydrogen) atoms. The van der Waals surface area contributed by atoms with Crippen molar-refractivity contribution < 1.29 is 9.59 Å². The molecule has 2 amide bonds. The highest BCUT2D eigenvalue weighted by atomic mass is 16.2. The van der Waals surface area contributed by atoms with Gasteiger partial charge in [0.25, 0.3) is 0 Å². The molecule has 0 aromatic carbocycles. The van der Waals surface area contributed by atoms with Crippen LogP contribution >= 0.6 is 0 Å². The summed E-state index contributed by atoms with van der Waals surface area (Å²) in [6.45, 7) is 2.75. The van der Waals surface area contributed by atoms with E-state index in [0.29, 0.717) is 18.9 Å². The molecule has 2 aliphatic carbocycles. The van der Waals surface area contributed by atoms with Crippen LogP contribution in [-0.2, 0) is 9.59 Å². The third-order valence-electron chi connectivity index (χ3n) is 5.16. The first-order chi connectivity index (χ1) is 9.10. The van der Waals surface area contributed by atoms with E-state index in [-0.39, 0.29) is 23.4 Å². The first-order valence-electron chi connectivity index (χ1n) is 7.71. The predicted molar refractivity (Wildman–Crippen MR) is 72.5 cm³/mol. The Morgan fingerprint density at radius 3 is 2.47 bits per heavy atom. The fraction of sp³-hybridized carbons (Fsp3) is 0.867. The van der Waals surface area contributed by atoms with E-state index in [1.165, 1.54) is 19.3 Å². The van der Waals surface area contributed by atoms with Gasteiger partial charge in [0.2, 0.25) is 11.8 Å². The highest BCUT2D eigenvalue weighted by Crippen LogP contribution is 2.42. The minimum absolute atomic E-state index is 0.0380. The van der Waals surface area contributed by atoms with Crippen LogP contribution in [0.25, 0.3) is 0 Å². The van der Waals surface area contributed by atoms with Gasteiger partial charge in [-0.25, -0.2) is 0 Å². The lowest BCUT2D eigenvalue weighted by Crippen LogP contribution is -2.52. The Hall–Kier alpha value is -1.06. The summed E-state index contributed by atoms with van der Waals surface area (Å²) in [5, 5.41) is 3.00. The third kappa shape index (κ3) is 2.49. The Morgan fingerprint density at radius 1 is 1.16 bits per heavy atom. The molecule has 1 heterocycles. The number of rotatable bonds is 2. The molecular weight excluding hydrogens is 240 g/mol. The fourth-order valence-electron chi connectivity index (χ4n) is 3.57. The summed E-state index contributed by atoms with van der Waals surface area (Å²) in [7, 11) is 0. The molecule has 1 unspecified atom stereocenters. The minimum Gasteiger partial charge on any atom is -0.344 e. The summed E-state index contributed by atoms with van der Waals surface area (Å²) in [4.78, 5) is 26.7. The van der Waals surface area contributed by atoms with E-state index in [1.54, 1.807) is 0 Å². The summed E-state index contributed by atoms with van der Waals surface area (Å²) in [6, 6.07) is -0.257. The van der Waals surface area contributed by atoms with Crippen LogP contribution in [-0.4, -0.2) is 34.8 Å². The Bertz CT molecular complexity index is 384. The smallest absolute Gasteiger partial charge is 0.245 e. The molecule has 0 aromatic rings. The van der Waals surface area contributed by atoms with Crippen molar-refractivity contribution in [3.63, 3.8) is 0 Å². The average Bonchev–Trinajstić information content (AvgIpc) is 3.17. The van der Waals surface area contributed by atoms with Gasteiger partial charge in [0.05, 0.1) is 0 Å². The van der Waals surface area contributed by atoms with Gasteiger partial charge >= 0.3 is 0 Å². The molecule has 1 atom stereocenters. The van der Waals surface area contributed by atoms with Gasteiger partial charge in [0.15, 0.2) is 0 Å². The second-order valence-corrected chi connectivity index (χ2v) is 6.68. The molecule has 3 rings (SSSR count). The van der Waals surface area contributed by atoms with Crippen molar-refractivity contribution in [2.45, 2.75) is 69.9 Å². The summed E-state index contributed by atoms with van der Waals surface area (Å²) in [6.07, 6.45) is 8.47. The van der Waals surface area contributed by atoms with Crippen LogP contribution in [0.4, 0.5) is 0 Å². The molecule has 106 valence electrons. The molecule has 2 saturated carbocycles. The van der Waals surface area contributed by atoms with Crippen molar-refractivity contribution in [2.24, 2.45) is 5.92 Å². The number of carbonyl (C=O) groups is 2. The van der Waals surface area contributed by atoms with E-state index < -0.39 is 0 Å². The molecule has 0 aromatic heterocycles. The van der Waals surface area contributed by atoms with Crippen LogP contribution < -0.4 is 5.32 Å². The van der Waals surface area contributed by atoms with Crippen LogP contribution in [0.15, 0.2) is 0 Å². The van der Waals surface area contributed by atoms with E-state index in [2.05, 4.69) is 12.2 Å². The molecule has 0 radical (unpaired) electrons. The maximum absolute atomic E-state index is 12.8. The van der Waals surface area contributed by atoms with Gasteiger partial charge in [-0.15, -0.1) is 0 Å². The van der Waals surface area contributed by atoms with Crippen LogP contribution in [0.1, 0.15) is 58.3 Å². The predicted octanol–water partition coefficient (Wildman–Crippen LogP) is 1.84. The van der Waals surface area contributed by atoms with Gasteiger partial charge in [0.1, 0.15) is 6.04 Å². The van der Waals surface area contributed by atoms with Crippen molar-refractivity contribution in [3.8, 4) is 0 Å². The highest BCUT2D eigenvalue weighted by molar-refractivity contribution is 5.90. The summed E-state index contributed by atoms with van der Waals surface area (Å²) in [5.74, 6) is 0.585. The summed E-state index contributed by atoms with van der Waals surface area (Å²) < 4.78 is 0. The maximum atomic E-state index is 12.8. The third-order valence-corrected chi connectivity index (χ3v) is 5.16. The average molecular weight is 264 g/mol. The molecule has 3 aliphatic rings. The number of nitrogens with one attached hydrogen (secondary N) is 1. The van der Waals surface area contributed by atoms with Crippen molar-refractivity contribution in [1.82, 2.24) is 10.2 Å². The van der Waals surface area contributed by atoms with Crippen molar-refractivity contribution in [3.05, 3.63) is 0 Å². The van der Waals surface area contributed by atoms with E-state index in [1.807, 2.05) is 4.90 Å². The van der Waals surface area contributed by atoms with Crippen LogP contribution in [0.2, 0.25) is 0 Å². The van der Waals surface area contributed by atoms with Gasteiger partial charge in [-0.3, -0.25) is 9.59 Å². The van der Waals surface area contributed by atoms with Gasteiger partial charge in [0, 0.05) is 18.5 Å². The van der Waals surface area contributed by atoms with Gasteiger partial charge in [-0.05, 0) is 38.5 Å². The SMILES string of the molecule is CC1(N2CCC(=O)NC(C3CCCCC3)C2=O)CC1. The zero-order valence-electron chi connectivity index (χ0n) is 11.8. The van der Waals surface area contributed by atoms with E-state index >= 15 is 0 Å². The topological polar surface area (TPSA) is 49.4 Å². The molecule has 4 heteroatoms. The fourth-order valence-corrected chi connectivity index (χ4v) is 3.57. The van der Waals surface area contributed by atoms with Gasteiger partial charge < -0.3 is 10.2 Å². The zero-order chi connectivity index (χ0) is 13.5. The molecule has 0 spiro atoms. The highest BCUT2D eigenvalue weighted by Gasteiger charge is 2.49. The number of hydrogen-bond donors (Lipinski definition) is 1. The Kier molecular flexibility index (Phi) is 3.27. The molecule has 1 saturated heterocycles. The number of hydrogen-bond acceptors (Lipinski definition) is 2. The van der Waals surface area contributed by atoms with Crippen LogP contribution in [0.3, 0.4) is 0 Å². The van der Waals surface area contributed by atoms with Crippen molar-refractivity contribution in [1.29, 1.82) is 0 Å². The molecule has 1 N–H and O–H groups in total. The lowest BCUT2D eigenvalue weighted by atomic mass is 9.83. The van der Waals surface area contributed by atoms with E-state index in [9.17, 15) is 9.59 Å². The van der Waals surface area contributed by atoms with Gasteiger partial charge in [-0.2, -0.15) is 0 Å². The van der Waals surface area contributed by atoms with Crippen molar-refractivity contribution in [2.75, 3.05) is 6.54 Å². The minimum atomic E-state index is -0.257. The maximum Gasteiger partial charge on any atom is 0.245 e. The molecule has 4 nitrogen and oxygen atoms in total. The molecule has 1 aliphatic heterocycles. The lowest BCUT2D eigenvalue weighted by molar-refractivity contribution is -0.137. The number of nitrogens with zero attached hydrogens (tertiary/aromatic N) is 1. The Morgan fingerprint density at radius 2 is 1.84 bits per heavy atom. The molecule has 0 bridgehead atoms. The number of amides is 2. The normalized spacial score (nSPS) is 31.8.